The number of anilines is 4. The summed E-state index contributed by atoms with van der Waals surface area (Å²) in [6, 6.07) is 15.9. The van der Waals surface area contributed by atoms with E-state index in [0.717, 1.165) is 42.1 Å². The minimum atomic E-state index is 0.0940. The molecule has 0 amide bonds. The number of carbonyl (C=O) groups excluding carboxylic acids is 1. The fourth-order valence-electron chi connectivity index (χ4n) is 3.56. The number of nitrogens with zero attached hydrogens (tertiary/aromatic N) is 2. The van der Waals surface area contributed by atoms with E-state index in [1.807, 2.05) is 43.3 Å². The predicted octanol–water partition coefficient (Wildman–Crippen LogP) is 5.44. The molecule has 154 valence electrons. The maximum Gasteiger partial charge on any atom is 0.229 e. The van der Waals surface area contributed by atoms with Crippen LogP contribution >= 0.6 is 0 Å². The van der Waals surface area contributed by atoms with Crippen molar-refractivity contribution in [3.05, 3.63) is 65.4 Å². The van der Waals surface area contributed by atoms with Crippen LogP contribution in [0.1, 0.15) is 48.3 Å². The second-order valence-corrected chi connectivity index (χ2v) is 7.25. The molecule has 6 heteroatoms. The Morgan fingerprint density at radius 1 is 0.900 bits per heavy atom. The van der Waals surface area contributed by atoms with Crippen molar-refractivity contribution in [3.8, 4) is 5.75 Å². The van der Waals surface area contributed by atoms with Crippen molar-refractivity contribution < 1.29 is 9.53 Å². The lowest BCUT2D eigenvalue weighted by Gasteiger charge is -2.19. The van der Waals surface area contributed by atoms with Gasteiger partial charge in [-0.15, -0.1) is 0 Å². The van der Waals surface area contributed by atoms with E-state index >= 15 is 0 Å². The van der Waals surface area contributed by atoms with E-state index in [0.29, 0.717) is 30.4 Å². The zero-order chi connectivity index (χ0) is 20.9. The van der Waals surface area contributed by atoms with Crippen LogP contribution in [0.15, 0.2) is 48.5 Å². The Morgan fingerprint density at radius 2 is 1.60 bits per heavy atom. The molecular weight excluding hydrogens is 376 g/mol. The number of ketones is 1. The highest BCUT2D eigenvalue weighted by Crippen LogP contribution is 2.30. The Balaban J connectivity index is 1.64. The molecule has 0 atom stereocenters. The minimum Gasteiger partial charge on any atom is -0.494 e. The number of benzene rings is 2. The summed E-state index contributed by atoms with van der Waals surface area (Å²) in [4.78, 5) is 21.9. The second kappa shape index (κ2) is 8.95. The number of hydrogen-bond donors (Lipinski definition) is 2. The summed E-state index contributed by atoms with van der Waals surface area (Å²) in [5.41, 5.74) is 4.43. The molecule has 0 unspecified atom stereocenters. The summed E-state index contributed by atoms with van der Waals surface area (Å²) < 4.78 is 5.49. The maximum absolute atomic E-state index is 12.6. The third-order valence-corrected chi connectivity index (χ3v) is 5.13. The Bertz CT molecular complexity index is 1030. The summed E-state index contributed by atoms with van der Waals surface area (Å²) in [6.07, 6.45) is 3.10. The Labute approximate surface area is 176 Å². The first-order chi connectivity index (χ1) is 14.7. The van der Waals surface area contributed by atoms with E-state index in [9.17, 15) is 4.79 Å². The van der Waals surface area contributed by atoms with Crippen molar-refractivity contribution in [2.75, 3.05) is 17.2 Å². The highest BCUT2D eigenvalue weighted by atomic mass is 16.5. The minimum absolute atomic E-state index is 0.0940. The number of ether oxygens (including phenoxy) is 1. The highest BCUT2D eigenvalue weighted by Gasteiger charge is 2.24. The van der Waals surface area contributed by atoms with Crippen LogP contribution in [-0.2, 0) is 12.8 Å². The molecule has 4 rings (SSSR count). The Hall–Kier alpha value is -3.41. The van der Waals surface area contributed by atoms with Crippen LogP contribution < -0.4 is 15.4 Å². The third kappa shape index (κ3) is 4.43. The van der Waals surface area contributed by atoms with Gasteiger partial charge in [0.05, 0.1) is 17.9 Å². The van der Waals surface area contributed by atoms with Gasteiger partial charge in [0.2, 0.25) is 5.95 Å². The van der Waals surface area contributed by atoms with Crippen LogP contribution in [0.3, 0.4) is 0 Å². The van der Waals surface area contributed by atoms with Crippen molar-refractivity contribution in [2.24, 2.45) is 0 Å². The smallest absolute Gasteiger partial charge is 0.229 e. The fraction of sp³-hybridized carbons (Fsp3) is 0.292. The van der Waals surface area contributed by atoms with Gasteiger partial charge in [0.15, 0.2) is 5.78 Å². The van der Waals surface area contributed by atoms with Crippen LogP contribution in [0.5, 0.6) is 5.75 Å². The number of aromatic nitrogens is 2. The Kier molecular flexibility index (Phi) is 5.93. The molecular formula is C24H26N4O2. The standard InChI is InChI=1S/C24H26N4O2/c1-3-16-8-10-17(11-9-16)25-23-22-20(6-5-7-21(22)29)27-24(28-23)26-18-12-14-19(15-13-18)30-4-2/h8-15H,3-7H2,1-2H3,(H2,25,26,27,28). The number of nitrogens with one attached hydrogen (secondary N) is 2. The molecule has 1 aliphatic rings. The molecule has 30 heavy (non-hydrogen) atoms. The number of Topliss-reactive ketones (excluding diaryl/α,β-unsaturated/α-hetero) is 1. The molecule has 6 nitrogen and oxygen atoms in total. The number of hydrogen-bond acceptors (Lipinski definition) is 6. The van der Waals surface area contributed by atoms with E-state index in [2.05, 4.69) is 39.7 Å². The molecule has 0 saturated heterocycles. The Morgan fingerprint density at radius 3 is 2.30 bits per heavy atom. The summed E-state index contributed by atoms with van der Waals surface area (Å²) in [6.45, 7) is 4.71. The molecule has 1 heterocycles. The topological polar surface area (TPSA) is 76.1 Å². The molecule has 0 radical (unpaired) electrons. The van der Waals surface area contributed by atoms with Gasteiger partial charge in [0.1, 0.15) is 11.6 Å². The molecule has 0 spiro atoms. The van der Waals surface area contributed by atoms with Gasteiger partial charge < -0.3 is 15.4 Å². The van der Waals surface area contributed by atoms with Crippen LogP contribution in [0.4, 0.5) is 23.1 Å². The molecule has 1 aromatic heterocycles. The van der Waals surface area contributed by atoms with E-state index in [-0.39, 0.29) is 5.78 Å². The average Bonchev–Trinajstić information content (AvgIpc) is 2.76. The van der Waals surface area contributed by atoms with Crippen molar-refractivity contribution in [1.82, 2.24) is 9.97 Å². The zero-order valence-electron chi connectivity index (χ0n) is 17.4. The summed E-state index contributed by atoms with van der Waals surface area (Å²) >= 11 is 0. The number of fused-ring (bicyclic) bond motifs is 1. The molecule has 0 bridgehead atoms. The molecule has 0 aliphatic heterocycles. The molecule has 2 aromatic carbocycles. The number of carbonyl (C=O) groups is 1. The predicted molar refractivity (Wildman–Crippen MR) is 119 cm³/mol. The lowest BCUT2D eigenvalue weighted by Crippen LogP contribution is -2.17. The first-order valence-corrected chi connectivity index (χ1v) is 10.5. The molecule has 0 saturated carbocycles. The van der Waals surface area contributed by atoms with E-state index in [1.54, 1.807) is 0 Å². The summed E-state index contributed by atoms with van der Waals surface area (Å²) in [7, 11) is 0. The molecule has 3 aromatic rings. The third-order valence-electron chi connectivity index (χ3n) is 5.13. The first-order valence-electron chi connectivity index (χ1n) is 10.5. The molecule has 1 aliphatic carbocycles. The number of aryl methyl sites for hydroxylation is 2. The van der Waals surface area contributed by atoms with E-state index < -0.39 is 0 Å². The molecule has 2 N–H and O–H groups in total. The maximum atomic E-state index is 12.6. The SMILES string of the molecule is CCOc1ccc(Nc2nc3c(c(Nc4ccc(CC)cc4)n2)C(=O)CCC3)cc1. The van der Waals surface area contributed by atoms with Gasteiger partial charge in [-0.05, 0) is 68.1 Å². The highest BCUT2D eigenvalue weighted by molar-refractivity contribution is 6.03. The first kappa shape index (κ1) is 19.9. The van der Waals surface area contributed by atoms with Gasteiger partial charge in [0, 0.05) is 17.8 Å². The van der Waals surface area contributed by atoms with Crippen molar-refractivity contribution in [3.63, 3.8) is 0 Å². The van der Waals surface area contributed by atoms with Gasteiger partial charge in [-0.3, -0.25) is 4.79 Å². The lowest BCUT2D eigenvalue weighted by molar-refractivity contribution is 0.0972. The van der Waals surface area contributed by atoms with Crippen LogP contribution in [0.2, 0.25) is 0 Å². The second-order valence-electron chi connectivity index (χ2n) is 7.25. The van der Waals surface area contributed by atoms with Crippen LogP contribution in [-0.4, -0.2) is 22.4 Å². The van der Waals surface area contributed by atoms with Crippen molar-refractivity contribution >= 4 is 28.9 Å². The van der Waals surface area contributed by atoms with Crippen molar-refractivity contribution in [2.45, 2.75) is 39.5 Å². The quantitative estimate of drug-likeness (QED) is 0.548. The molecule has 0 fully saturated rings. The van der Waals surface area contributed by atoms with E-state index in [1.165, 1.54) is 5.56 Å². The summed E-state index contributed by atoms with van der Waals surface area (Å²) in [5.74, 6) is 1.94. The van der Waals surface area contributed by atoms with Gasteiger partial charge in [-0.1, -0.05) is 19.1 Å². The largest absolute Gasteiger partial charge is 0.494 e. The van der Waals surface area contributed by atoms with Gasteiger partial charge in [0.25, 0.3) is 0 Å². The van der Waals surface area contributed by atoms with Gasteiger partial charge in [-0.25, -0.2) is 4.98 Å². The van der Waals surface area contributed by atoms with E-state index in [4.69, 9.17) is 4.74 Å². The fourth-order valence-corrected chi connectivity index (χ4v) is 3.56. The van der Waals surface area contributed by atoms with Gasteiger partial charge >= 0.3 is 0 Å². The van der Waals surface area contributed by atoms with Crippen molar-refractivity contribution in [1.29, 1.82) is 0 Å². The zero-order valence-corrected chi connectivity index (χ0v) is 17.4. The van der Waals surface area contributed by atoms with Crippen LogP contribution in [0.25, 0.3) is 0 Å². The monoisotopic (exact) mass is 402 g/mol. The number of rotatable bonds is 7. The average molecular weight is 402 g/mol. The normalized spacial score (nSPS) is 12.9. The van der Waals surface area contributed by atoms with Crippen LogP contribution in [0, 0.1) is 0 Å². The summed E-state index contributed by atoms with van der Waals surface area (Å²) in [5, 5.41) is 6.59. The van der Waals surface area contributed by atoms with Gasteiger partial charge in [-0.2, -0.15) is 4.98 Å². The lowest BCUT2D eigenvalue weighted by atomic mass is 9.95.